The van der Waals surface area contributed by atoms with Gasteiger partial charge < -0.3 is 20.1 Å². The Hall–Kier alpha value is -3.64. The van der Waals surface area contributed by atoms with E-state index in [0.717, 1.165) is 10.5 Å². The zero-order valence-corrected chi connectivity index (χ0v) is 23.2. The number of ether oxygens (including phenoxy) is 2. The second kappa shape index (κ2) is 14.7. The van der Waals surface area contributed by atoms with E-state index in [2.05, 4.69) is 10.6 Å². The normalized spacial score (nSPS) is 16.2. The van der Waals surface area contributed by atoms with Crippen LogP contribution in [0.25, 0.3) is 0 Å². The van der Waals surface area contributed by atoms with E-state index in [1.165, 1.54) is 4.90 Å². The molecule has 2 heterocycles. The fourth-order valence-electron chi connectivity index (χ4n) is 4.25. The van der Waals surface area contributed by atoms with Crippen LogP contribution < -0.4 is 10.6 Å². The smallest absolute Gasteiger partial charge is 0.235 e. The first-order chi connectivity index (χ1) is 19.1. The van der Waals surface area contributed by atoms with Crippen molar-refractivity contribution in [1.29, 1.82) is 0 Å². The maximum atomic E-state index is 12.2. The molecule has 12 nitrogen and oxygen atoms in total. The molecule has 2 N–H and O–H groups in total. The first kappa shape index (κ1) is 30.9. The van der Waals surface area contributed by atoms with Gasteiger partial charge in [-0.25, -0.2) is 0 Å². The molecule has 2 aliphatic heterocycles. The average molecular weight is 559 g/mol. The molecule has 2 fully saturated rings. The summed E-state index contributed by atoms with van der Waals surface area (Å²) in [5.74, 6) is -1.22. The molecule has 0 bridgehead atoms. The number of likely N-dealkylation sites (tertiary alicyclic amines) is 2. The number of rotatable bonds is 16. The lowest BCUT2D eigenvalue weighted by atomic mass is 9.92. The number of imide groups is 2. The van der Waals surface area contributed by atoms with E-state index >= 15 is 0 Å². The summed E-state index contributed by atoms with van der Waals surface area (Å²) in [6.45, 7) is 5.43. The maximum absolute atomic E-state index is 12.2. The lowest BCUT2D eigenvalue weighted by Gasteiger charge is -2.28. The van der Waals surface area contributed by atoms with Crippen molar-refractivity contribution in [2.75, 3.05) is 51.4 Å². The van der Waals surface area contributed by atoms with E-state index in [1.54, 1.807) is 26.0 Å². The van der Waals surface area contributed by atoms with E-state index in [4.69, 9.17) is 9.47 Å². The van der Waals surface area contributed by atoms with Crippen molar-refractivity contribution < 1.29 is 38.2 Å². The predicted octanol–water partition coefficient (Wildman–Crippen LogP) is 1.03. The number of anilines is 1. The molecule has 12 heteroatoms. The molecule has 0 unspecified atom stereocenters. The van der Waals surface area contributed by atoms with Crippen molar-refractivity contribution in [1.82, 2.24) is 15.1 Å². The zero-order chi connectivity index (χ0) is 29.1. The molecule has 0 atom stereocenters. The van der Waals surface area contributed by atoms with Gasteiger partial charge >= 0.3 is 0 Å². The Morgan fingerprint density at radius 2 is 1.57 bits per heavy atom. The summed E-state index contributed by atoms with van der Waals surface area (Å²) < 4.78 is 10.8. The van der Waals surface area contributed by atoms with Gasteiger partial charge in [0.1, 0.15) is 0 Å². The van der Waals surface area contributed by atoms with Crippen molar-refractivity contribution in [3.63, 3.8) is 0 Å². The van der Waals surface area contributed by atoms with Crippen molar-refractivity contribution in [3.8, 4) is 0 Å². The largest absolute Gasteiger partial charge is 0.379 e. The molecular weight excluding hydrogens is 520 g/mol. The van der Waals surface area contributed by atoms with Crippen molar-refractivity contribution >= 4 is 41.1 Å². The van der Waals surface area contributed by atoms with Gasteiger partial charge in [0.25, 0.3) is 0 Å². The number of amides is 6. The zero-order valence-electron chi connectivity index (χ0n) is 23.2. The molecular formula is C28H38N4O8. The quantitative estimate of drug-likeness (QED) is 0.173. The lowest BCUT2D eigenvalue weighted by Crippen LogP contribution is -2.47. The third-order valence-corrected chi connectivity index (χ3v) is 6.71. The fourth-order valence-corrected chi connectivity index (χ4v) is 4.25. The summed E-state index contributed by atoms with van der Waals surface area (Å²) in [6.07, 6.45) is 1.63. The minimum Gasteiger partial charge on any atom is -0.379 e. The molecule has 218 valence electrons. The fraction of sp³-hybridized carbons (Fsp3) is 0.571. The number of β-lactam (4-membered cyclic amide) rings is 1. The van der Waals surface area contributed by atoms with E-state index in [-0.39, 0.29) is 80.9 Å². The van der Waals surface area contributed by atoms with Crippen LogP contribution in [0, 0.1) is 5.41 Å². The van der Waals surface area contributed by atoms with Gasteiger partial charge in [-0.15, -0.1) is 0 Å². The second-order valence-corrected chi connectivity index (χ2v) is 10.4. The number of hydrogen-bond acceptors (Lipinski definition) is 8. The third kappa shape index (κ3) is 9.23. The molecule has 1 aromatic rings. The summed E-state index contributed by atoms with van der Waals surface area (Å²) in [5.41, 5.74) is 0.884. The van der Waals surface area contributed by atoms with Crippen LogP contribution in [-0.2, 0) is 44.7 Å². The second-order valence-electron chi connectivity index (χ2n) is 10.4. The van der Waals surface area contributed by atoms with Gasteiger partial charge in [-0.1, -0.05) is 26.0 Å². The highest BCUT2D eigenvalue weighted by molar-refractivity contribution is 6.05. The molecule has 6 amide bonds. The van der Waals surface area contributed by atoms with Crippen LogP contribution in [0.3, 0.4) is 0 Å². The highest BCUT2D eigenvalue weighted by Crippen LogP contribution is 2.31. The van der Waals surface area contributed by atoms with Crippen molar-refractivity contribution in [2.24, 2.45) is 5.41 Å². The minimum atomic E-state index is -0.706. The highest BCUT2D eigenvalue weighted by atomic mass is 16.5. The van der Waals surface area contributed by atoms with Gasteiger partial charge in [0.05, 0.1) is 38.3 Å². The number of carbonyl (C=O) groups is 6. The highest BCUT2D eigenvalue weighted by Gasteiger charge is 2.44. The van der Waals surface area contributed by atoms with E-state index in [9.17, 15) is 28.8 Å². The molecule has 1 aromatic carbocycles. The van der Waals surface area contributed by atoms with Gasteiger partial charge in [0, 0.05) is 51.0 Å². The van der Waals surface area contributed by atoms with E-state index < -0.39 is 5.41 Å². The number of nitrogens with one attached hydrogen (secondary N) is 2. The number of aryl methyl sites for hydroxylation is 1. The van der Waals surface area contributed by atoms with Gasteiger partial charge in [0.15, 0.2) is 0 Å². The molecule has 0 spiro atoms. The van der Waals surface area contributed by atoms with Crippen LogP contribution in [0.1, 0.15) is 51.5 Å². The molecule has 40 heavy (non-hydrogen) atoms. The van der Waals surface area contributed by atoms with Crippen molar-refractivity contribution in [3.05, 3.63) is 29.8 Å². The number of benzene rings is 1. The summed E-state index contributed by atoms with van der Waals surface area (Å²) in [5, 5.41) is 5.48. The SMILES string of the molecule is CC1(C)CC(=O)N(CCC(=O)NCCOCCOCCC(=O)Nc2ccc(CCC(=O)N3CCC3=O)cc2)C1=O. The van der Waals surface area contributed by atoms with E-state index in [1.807, 2.05) is 12.1 Å². The molecule has 0 radical (unpaired) electrons. The lowest BCUT2D eigenvalue weighted by molar-refractivity contribution is -0.152. The van der Waals surface area contributed by atoms with Crippen molar-refractivity contribution in [2.45, 2.75) is 52.4 Å². The average Bonchev–Trinajstić information content (AvgIpc) is 3.10. The van der Waals surface area contributed by atoms with Gasteiger partial charge in [0.2, 0.25) is 35.4 Å². The first-order valence-corrected chi connectivity index (χ1v) is 13.6. The standard InChI is InChI=1S/C28H38N4O8/c1-28(2)19-26(37)32(27(28)38)13-9-22(33)29-12-16-40-18-17-39-15-11-23(34)30-21-6-3-20(4-7-21)5-8-24(35)31-14-10-25(31)36/h3-4,6-7H,5,8-19H2,1-2H3,(H,29,33)(H,30,34). The van der Waals surface area contributed by atoms with Gasteiger partial charge in [-0.3, -0.25) is 38.6 Å². The topological polar surface area (TPSA) is 151 Å². The third-order valence-electron chi connectivity index (χ3n) is 6.71. The minimum absolute atomic E-state index is 0.0475. The Bertz CT molecular complexity index is 1100. The Kier molecular flexibility index (Phi) is 11.3. The van der Waals surface area contributed by atoms with Crippen LogP contribution in [0.5, 0.6) is 0 Å². The maximum Gasteiger partial charge on any atom is 0.235 e. The summed E-state index contributed by atoms with van der Waals surface area (Å²) in [4.78, 5) is 73.8. The summed E-state index contributed by atoms with van der Waals surface area (Å²) in [7, 11) is 0. The number of carbonyl (C=O) groups excluding carboxylic acids is 6. The molecule has 3 rings (SSSR count). The van der Waals surface area contributed by atoms with Crippen LogP contribution in [-0.4, -0.2) is 91.3 Å². The van der Waals surface area contributed by atoms with Crippen LogP contribution in [0.2, 0.25) is 0 Å². The molecule has 0 aliphatic carbocycles. The van der Waals surface area contributed by atoms with E-state index in [0.29, 0.717) is 44.8 Å². The van der Waals surface area contributed by atoms with Crippen LogP contribution >= 0.6 is 0 Å². The Balaban J connectivity index is 1.16. The molecule has 0 aromatic heterocycles. The molecule has 2 saturated heterocycles. The van der Waals surface area contributed by atoms with Crippen LogP contribution in [0.4, 0.5) is 5.69 Å². The van der Waals surface area contributed by atoms with Gasteiger partial charge in [-0.2, -0.15) is 0 Å². The number of nitrogens with zero attached hydrogens (tertiary/aromatic N) is 2. The summed E-state index contributed by atoms with van der Waals surface area (Å²) in [6, 6.07) is 7.22. The first-order valence-electron chi connectivity index (χ1n) is 13.6. The molecule has 2 aliphatic rings. The predicted molar refractivity (Wildman–Crippen MR) is 144 cm³/mol. The Labute approximate surface area is 233 Å². The molecule has 0 saturated carbocycles. The number of hydrogen-bond donors (Lipinski definition) is 2. The van der Waals surface area contributed by atoms with Gasteiger partial charge in [-0.05, 0) is 24.1 Å². The Morgan fingerprint density at radius 3 is 2.17 bits per heavy atom. The Morgan fingerprint density at radius 1 is 0.875 bits per heavy atom. The summed E-state index contributed by atoms with van der Waals surface area (Å²) >= 11 is 0. The van der Waals surface area contributed by atoms with Crippen LogP contribution in [0.15, 0.2) is 24.3 Å². The monoisotopic (exact) mass is 558 g/mol.